The second-order valence-electron chi connectivity index (χ2n) is 6.05. The fourth-order valence-corrected chi connectivity index (χ4v) is 3.20. The molecular formula is C18H21Cl2N3O3. The highest BCUT2D eigenvalue weighted by Gasteiger charge is 2.18. The SMILES string of the molecule is Cc1c(CC=O)c(OCCN2CCOCC2)nn1-c1ccc(Cl)c(Cl)c1. The Labute approximate surface area is 162 Å². The molecule has 26 heavy (non-hydrogen) atoms. The lowest BCUT2D eigenvalue weighted by atomic mass is 10.2. The van der Waals surface area contributed by atoms with Gasteiger partial charge in [-0.1, -0.05) is 23.2 Å². The van der Waals surface area contributed by atoms with Crippen LogP contribution in [0.3, 0.4) is 0 Å². The monoisotopic (exact) mass is 397 g/mol. The molecule has 1 aliphatic rings. The van der Waals surface area contributed by atoms with Gasteiger partial charge in [0.15, 0.2) is 0 Å². The van der Waals surface area contributed by atoms with Crippen LogP contribution in [-0.2, 0) is 16.0 Å². The Morgan fingerprint density at radius 2 is 2.04 bits per heavy atom. The number of ether oxygens (including phenoxy) is 2. The van der Waals surface area contributed by atoms with E-state index in [2.05, 4.69) is 10.00 Å². The molecule has 2 aromatic rings. The molecule has 1 aromatic heterocycles. The zero-order chi connectivity index (χ0) is 18.5. The van der Waals surface area contributed by atoms with Crippen molar-refractivity contribution in [2.24, 2.45) is 0 Å². The van der Waals surface area contributed by atoms with Gasteiger partial charge < -0.3 is 14.3 Å². The number of morpholine rings is 1. The molecule has 0 bridgehead atoms. The smallest absolute Gasteiger partial charge is 0.237 e. The van der Waals surface area contributed by atoms with Gasteiger partial charge in [-0.25, -0.2) is 4.68 Å². The van der Waals surface area contributed by atoms with Gasteiger partial charge >= 0.3 is 0 Å². The number of hydrogen-bond acceptors (Lipinski definition) is 5. The van der Waals surface area contributed by atoms with Crippen molar-refractivity contribution in [1.29, 1.82) is 0 Å². The molecule has 1 saturated heterocycles. The lowest BCUT2D eigenvalue weighted by molar-refractivity contribution is -0.107. The molecule has 6 nitrogen and oxygen atoms in total. The third kappa shape index (κ3) is 4.38. The van der Waals surface area contributed by atoms with Gasteiger partial charge in [0.2, 0.25) is 5.88 Å². The molecule has 0 radical (unpaired) electrons. The highest BCUT2D eigenvalue weighted by atomic mass is 35.5. The van der Waals surface area contributed by atoms with Gasteiger partial charge in [-0.15, -0.1) is 5.10 Å². The number of aldehydes is 1. The van der Waals surface area contributed by atoms with E-state index in [1.165, 1.54) is 0 Å². The molecule has 8 heteroatoms. The number of hydrogen-bond donors (Lipinski definition) is 0. The molecule has 140 valence electrons. The second-order valence-corrected chi connectivity index (χ2v) is 6.87. The predicted molar refractivity (Wildman–Crippen MR) is 101 cm³/mol. The topological polar surface area (TPSA) is 56.6 Å². The van der Waals surface area contributed by atoms with Crippen LogP contribution >= 0.6 is 23.2 Å². The Balaban J connectivity index is 1.77. The van der Waals surface area contributed by atoms with Gasteiger partial charge in [0.1, 0.15) is 12.9 Å². The van der Waals surface area contributed by atoms with E-state index in [9.17, 15) is 4.79 Å². The minimum absolute atomic E-state index is 0.250. The summed E-state index contributed by atoms with van der Waals surface area (Å²) in [6, 6.07) is 5.29. The van der Waals surface area contributed by atoms with Crippen LogP contribution in [0.25, 0.3) is 5.69 Å². The van der Waals surface area contributed by atoms with Gasteiger partial charge in [-0.2, -0.15) is 0 Å². The summed E-state index contributed by atoms with van der Waals surface area (Å²) in [5, 5.41) is 5.47. The Hall–Kier alpha value is -1.60. The molecule has 0 N–H and O–H groups in total. The van der Waals surface area contributed by atoms with Crippen LogP contribution in [0.1, 0.15) is 11.3 Å². The quantitative estimate of drug-likeness (QED) is 0.672. The maximum atomic E-state index is 11.1. The van der Waals surface area contributed by atoms with Crippen molar-refractivity contribution in [3.63, 3.8) is 0 Å². The van der Waals surface area contributed by atoms with E-state index in [1.807, 2.05) is 13.0 Å². The molecule has 0 saturated carbocycles. The first-order valence-electron chi connectivity index (χ1n) is 8.50. The summed E-state index contributed by atoms with van der Waals surface area (Å²) in [7, 11) is 0. The minimum Gasteiger partial charge on any atom is -0.475 e. The van der Waals surface area contributed by atoms with Crippen LogP contribution in [0.15, 0.2) is 18.2 Å². The van der Waals surface area contributed by atoms with Crippen molar-refractivity contribution in [2.75, 3.05) is 39.5 Å². The Kier molecular flexibility index (Phi) is 6.53. The number of halogens is 2. The van der Waals surface area contributed by atoms with Crippen LogP contribution in [0.4, 0.5) is 0 Å². The maximum Gasteiger partial charge on any atom is 0.237 e. The van der Waals surface area contributed by atoms with Crippen LogP contribution in [-0.4, -0.2) is 60.4 Å². The van der Waals surface area contributed by atoms with E-state index in [1.54, 1.807) is 16.8 Å². The van der Waals surface area contributed by atoms with Gasteiger partial charge in [0.05, 0.1) is 28.9 Å². The summed E-state index contributed by atoms with van der Waals surface area (Å²) in [5.41, 5.74) is 2.40. The first kappa shape index (κ1) is 19.2. The first-order valence-corrected chi connectivity index (χ1v) is 9.26. The Bertz CT molecular complexity index is 773. The highest BCUT2D eigenvalue weighted by molar-refractivity contribution is 6.42. The van der Waals surface area contributed by atoms with E-state index in [-0.39, 0.29) is 6.42 Å². The van der Waals surface area contributed by atoms with Crippen LogP contribution in [0, 0.1) is 6.92 Å². The van der Waals surface area contributed by atoms with Crippen molar-refractivity contribution in [1.82, 2.24) is 14.7 Å². The molecule has 0 atom stereocenters. The van der Waals surface area contributed by atoms with Crippen molar-refractivity contribution < 1.29 is 14.3 Å². The summed E-state index contributed by atoms with van der Waals surface area (Å²) < 4.78 is 13.0. The standard InChI is InChI=1S/C18H21Cl2N3O3/c1-13-15(4-8-24)18(26-11-7-22-5-9-25-10-6-22)21-23(13)14-2-3-16(19)17(20)12-14/h2-3,8,12H,4-7,9-11H2,1H3. The van der Waals surface area contributed by atoms with E-state index in [0.29, 0.717) is 22.5 Å². The maximum absolute atomic E-state index is 11.1. The van der Waals surface area contributed by atoms with Crippen molar-refractivity contribution in [3.8, 4) is 11.6 Å². The highest BCUT2D eigenvalue weighted by Crippen LogP contribution is 2.28. The summed E-state index contributed by atoms with van der Waals surface area (Å²) >= 11 is 12.1. The molecule has 3 rings (SSSR count). The van der Waals surface area contributed by atoms with Crippen molar-refractivity contribution >= 4 is 29.5 Å². The number of nitrogens with zero attached hydrogens (tertiary/aromatic N) is 3. The number of carbonyl (C=O) groups excluding carboxylic acids is 1. The van der Waals surface area contributed by atoms with Gasteiger partial charge in [-0.3, -0.25) is 4.90 Å². The summed E-state index contributed by atoms with van der Waals surface area (Å²) in [6.45, 7) is 6.51. The molecule has 1 aliphatic heterocycles. The lowest BCUT2D eigenvalue weighted by Crippen LogP contribution is -2.38. The van der Waals surface area contributed by atoms with Crippen LogP contribution in [0.2, 0.25) is 10.0 Å². The minimum atomic E-state index is 0.250. The number of benzene rings is 1. The molecule has 0 unspecified atom stereocenters. The Morgan fingerprint density at radius 1 is 1.27 bits per heavy atom. The summed E-state index contributed by atoms with van der Waals surface area (Å²) in [5.74, 6) is 0.480. The van der Waals surface area contributed by atoms with Gasteiger partial charge in [-0.05, 0) is 25.1 Å². The van der Waals surface area contributed by atoms with E-state index in [4.69, 9.17) is 32.7 Å². The fraction of sp³-hybridized carbons (Fsp3) is 0.444. The fourth-order valence-electron chi connectivity index (χ4n) is 2.91. The molecule has 0 aliphatic carbocycles. The van der Waals surface area contributed by atoms with Gasteiger partial charge in [0, 0.05) is 37.3 Å². The predicted octanol–water partition coefficient (Wildman–Crippen LogP) is 2.94. The number of aromatic nitrogens is 2. The second kappa shape index (κ2) is 8.86. The third-order valence-electron chi connectivity index (χ3n) is 4.39. The summed E-state index contributed by atoms with van der Waals surface area (Å²) in [4.78, 5) is 13.4. The van der Waals surface area contributed by atoms with E-state index < -0.39 is 0 Å². The van der Waals surface area contributed by atoms with Crippen molar-refractivity contribution in [3.05, 3.63) is 39.5 Å². The number of carbonyl (C=O) groups is 1. The summed E-state index contributed by atoms with van der Waals surface area (Å²) in [6.07, 6.45) is 1.11. The zero-order valence-electron chi connectivity index (χ0n) is 14.6. The molecule has 2 heterocycles. The zero-order valence-corrected chi connectivity index (χ0v) is 16.1. The first-order chi connectivity index (χ1) is 12.6. The number of rotatable bonds is 7. The lowest BCUT2D eigenvalue weighted by Gasteiger charge is -2.26. The third-order valence-corrected chi connectivity index (χ3v) is 5.13. The molecule has 0 amide bonds. The molecule has 0 spiro atoms. The van der Waals surface area contributed by atoms with Crippen molar-refractivity contribution in [2.45, 2.75) is 13.3 Å². The molecular weight excluding hydrogens is 377 g/mol. The normalized spacial score (nSPS) is 15.2. The average molecular weight is 398 g/mol. The van der Waals surface area contributed by atoms with Crippen LogP contribution < -0.4 is 4.74 Å². The molecule has 1 fully saturated rings. The molecule has 1 aromatic carbocycles. The van der Waals surface area contributed by atoms with E-state index in [0.717, 1.165) is 56.1 Å². The largest absolute Gasteiger partial charge is 0.475 e. The average Bonchev–Trinajstić information content (AvgIpc) is 2.95. The van der Waals surface area contributed by atoms with E-state index >= 15 is 0 Å². The van der Waals surface area contributed by atoms with Gasteiger partial charge in [0.25, 0.3) is 0 Å². The Morgan fingerprint density at radius 3 is 2.73 bits per heavy atom. The van der Waals surface area contributed by atoms with Crippen LogP contribution in [0.5, 0.6) is 5.88 Å².